The van der Waals surface area contributed by atoms with Crippen molar-refractivity contribution in [1.29, 1.82) is 0 Å². The Kier molecular flexibility index (Phi) is 8.94. The average Bonchev–Trinajstić information content (AvgIpc) is 3.63. The van der Waals surface area contributed by atoms with Crippen molar-refractivity contribution in [2.75, 3.05) is 14.2 Å². The molecule has 2 unspecified atom stereocenters. The van der Waals surface area contributed by atoms with Crippen LogP contribution < -0.4 is 0 Å². The molecular weight excluding hydrogens is 437 g/mol. The molecule has 0 aliphatic heterocycles. The van der Waals surface area contributed by atoms with Crippen LogP contribution in [0.25, 0.3) is 17.2 Å². The summed E-state index contributed by atoms with van der Waals surface area (Å²) in [6.45, 7) is 4.53. The van der Waals surface area contributed by atoms with Crippen molar-refractivity contribution in [2.45, 2.75) is 70.2 Å². The maximum absolute atomic E-state index is 13.7. The number of rotatable bonds is 11. The third-order valence-electron chi connectivity index (χ3n) is 5.96. The number of methoxy groups -OCH3 is 2. The number of carbonyl (C=O) groups excluding carboxylic acids is 1. The third kappa shape index (κ3) is 6.50. The normalized spacial score (nSPS) is 15.6. The predicted molar refractivity (Wildman–Crippen MR) is 129 cm³/mol. The molecule has 0 saturated heterocycles. The number of esters is 1. The topological polar surface area (TPSA) is 88.9 Å². The molecule has 1 heterocycles. The van der Waals surface area contributed by atoms with Gasteiger partial charge >= 0.3 is 5.97 Å². The molecule has 0 amide bonds. The van der Waals surface area contributed by atoms with Crippen LogP contribution in [0, 0.1) is 5.82 Å². The van der Waals surface area contributed by atoms with Gasteiger partial charge in [-0.2, -0.15) is 0 Å². The number of aliphatic hydroxyl groups excluding tert-OH is 2. The number of aromatic nitrogens is 1. The minimum atomic E-state index is -1.02. The molecule has 7 heteroatoms. The smallest absolute Gasteiger partial charge is 0.308 e. The van der Waals surface area contributed by atoms with E-state index in [9.17, 15) is 19.4 Å². The molecule has 6 nitrogen and oxygen atoms in total. The number of carbonyl (C=O) groups is 1. The molecule has 0 bridgehead atoms. The maximum atomic E-state index is 13.7. The summed E-state index contributed by atoms with van der Waals surface area (Å²) in [5.41, 5.74) is 5.48. The maximum Gasteiger partial charge on any atom is 0.308 e. The Labute approximate surface area is 200 Å². The molecule has 1 aromatic carbocycles. The van der Waals surface area contributed by atoms with E-state index in [1.54, 1.807) is 25.3 Å². The molecule has 1 aliphatic carbocycles. The number of halogens is 1. The lowest BCUT2D eigenvalue weighted by Gasteiger charge is -2.22. The van der Waals surface area contributed by atoms with E-state index >= 15 is 0 Å². The van der Waals surface area contributed by atoms with Crippen LogP contribution in [0.4, 0.5) is 4.39 Å². The van der Waals surface area contributed by atoms with Gasteiger partial charge in [0.05, 0.1) is 38.0 Å². The fourth-order valence-corrected chi connectivity index (χ4v) is 4.15. The van der Waals surface area contributed by atoms with Gasteiger partial charge in [0.2, 0.25) is 0 Å². The highest BCUT2D eigenvalue weighted by Gasteiger charge is 2.31. The third-order valence-corrected chi connectivity index (χ3v) is 5.96. The fraction of sp³-hybridized carbons (Fsp3) is 0.481. The average molecular weight is 472 g/mol. The van der Waals surface area contributed by atoms with E-state index in [1.807, 2.05) is 6.08 Å². The van der Waals surface area contributed by atoms with Crippen molar-refractivity contribution in [3.05, 3.63) is 58.7 Å². The Hall–Kier alpha value is -2.61. The van der Waals surface area contributed by atoms with Gasteiger partial charge in [-0.25, -0.2) is 4.39 Å². The Morgan fingerprint density at radius 3 is 2.44 bits per heavy atom. The fourth-order valence-electron chi connectivity index (χ4n) is 4.15. The molecule has 1 fully saturated rings. The number of hydrogen-bond donors (Lipinski definition) is 2. The second-order valence-corrected chi connectivity index (χ2v) is 9.11. The van der Waals surface area contributed by atoms with Gasteiger partial charge in [0.1, 0.15) is 5.82 Å². The van der Waals surface area contributed by atoms with Gasteiger partial charge in [-0.1, -0.05) is 38.1 Å². The first-order chi connectivity index (χ1) is 16.2. The molecule has 184 valence electrons. The van der Waals surface area contributed by atoms with Crippen LogP contribution >= 0.6 is 0 Å². The lowest BCUT2D eigenvalue weighted by Crippen LogP contribution is -2.20. The predicted octanol–water partition coefficient (Wildman–Crippen LogP) is 4.72. The number of pyridine rings is 1. The molecule has 2 atom stereocenters. The monoisotopic (exact) mass is 471 g/mol. The van der Waals surface area contributed by atoms with Crippen molar-refractivity contribution in [3.63, 3.8) is 0 Å². The van der Waals surface area contributed by atoms with Crippen LogP contribution in [0.5, 0.6) is 0 Å². The molecule has 1 saturated carbocycles. The van der Waals surface area contributed by atoms with Crippen molar-refractivity contribution < 1.29 is 28.9 Å². The van der Waals surface area contributed by atoms with Crippen molar-refractivity contribution >= 4 is 12.0 Å². The molecule has 0 spiro atoms. The van der Waals surface area contributed by atoms with E-state index in [-0.39, 0.29) is 24.6 Å². The van der Waals surface area contributed by atoms with Crippen LogP contribution in [-0.2, 0) is 20.9 Å². The molecule has 0 radical (unpaired) electrons. The van der Waals surface area contributed by atoms with Crippen LogP contribution in [0.1, 0.15) is 73.9 Å². The second-order valence-electron chi connectivity index (χ2n) is 9.11. The molecule has 2 N–H and O–H groups in total. The van der Waals surface area contributed by atoms with Gasteiger partial charge in [-0.15, -0.1) is 0 Å². The second kappa shape index (κ2) is 11.7. The number of ether oxygens (including phenoxy) is 2. The van der Waals surface area contributed by atoms with Gasteiger partial charge in [-0.3, -0.25) is 9.78 Å². The van der Waals surface area contributed by atoms with Gasteiger partial charge < -0.3 is 19.7 Å². The van der Waals surface area contributed by atoms with Crippen molar-refractivity contribution in [1.82, 2.24) is 4.98 Å². The van der Waals surface area contributed by atoms with E-state index in [0.717, 1.165) is 46.5 Å². The summed E-state index contributed by atoms with van der Waals surface area (Å²) < 4.78 is 23.8. The molecule has 1 aliphatic rings. The number of hydrogen-bond acceptors (Lipinski definition) is 6. The SMILES string of the molecule is COCc1c(C(C)C)nc(C2CC2)c(C=CC(O)CC(O)CC(=O)OC)c1-c1ccc(F)cc1. The van der Waals surface area contributed by atoms with Crippen LogP contribution in [0.2, 0.25) is 0 Å². The summed E-state index contributed by atoms with van der Waals surface area (Å²) in [6.07, 6.45) is 3.36. The zero-order valence-electron chi connectivity index (χ0n) is 20.3. The van der Waals surface area contributed by atoms with Gasteiger partial charge in [0.15, 0.2) is 0 Å². The van der Waals surface area contributed by atoms with Gasteiger partial charge in [0.25, 0.3) is 0 Å². The van der Waals surface area contributed by atoms with Gasteiger partial charge in [0, 0.05) is 36.3 Å². The first kappa shape index (κ1) is 26.0. The van der Waals surface area contributed by atoms with Crippen LogP contribution in [0.3, 0.4) is 0 Å². The van der Waals surface area contributed by atoms with Crippen LogP contribution in [-0.4, -0.2) is 47.6 Å². The summed E-state index contributed by atoms with van der Waals surface area (Å²) in [6, 6.07) is 6.37. The minimum Gasteiger partial charge on any atom is -0.469 e. The van der Waals surface area contributed by atoms with Crippen LogP contribution in [0.15, 0.2) is 30.3 Å². The Balaban J connectivity index is 2.08. The Bertz CT molecular complexity index is 1010. The standard InChI is InChI=1S/C27H34FNO5/c1-16(2)26-23(15-33-3)25(17-7-9-19(28)10-8-17)22(27(29-26)18-5-6-18)12-11-20(30)13-21(31)14-24(32)34-4/h7-12,16,18,20-21,30-31H,5-6,13-15H2,1-4H3. The molecule has 1 aromatic heterocycles. The first-order valence-electron chi connectivity index (χ1n) is 11.7. The quantitative estimate of drug-likeness (QED) is 0.461. The highest BCUT2D eigenvalue weighted by atomic mass is 19.1. The lowest BCUT2D eigenvalue weighted by atomic mass is 9.88. The summed E-state index contributed by atoms with van der Waals surface area (Å²) >= 11 is 0. The number of nitrogens with zero attached hydrogens (tertiary/aromatic N) is 1. The summed E-state index contributed by atoms with van der Waals surface area (Å²) in [5.74, 6) is -0.352. The molecule has 2 aromatic rings. The van der Waals surface area contributed by atoms with E-state index in [2.05, 4.69) is 18.6 Å². The van der Waals surface area contributed by atoms with E-state index < -0.39 is 18.2 Å². The Morgan fingerprint density at radius 1 is 1.21 bits per heavy atom. The van der Waals surface area contributed by atoms with Crippen molar-refractivity contribution in [3.8, 4) is 11.1 Å². The van der Waals surface area contributed by atoms with E-state index in [0.29, 0.717) is 12.5 Å². The van der Waals surface area contributed by atoms with Gasteiger partial charge in [-0.05, 0) is 42.0 Å². The summed E-state index contributed by atoms with van der Waals surface area (Å²) in [7, 11) is 2.89. The van der Waals surface area contributed by atoms with E-state index in [1.165, 1.54) is 19.2 Å². The van der Waals surface area contributed by atoms with Crippen molar-refractivity contribution in [2.24, 2.45) is 0 Å². The zero-order chi connectivity index (χ0) is 24.8. The molecule has 3 rings (SSSR count). The minimum absolute atomic E-state index is 0.00131. The lowest BCUT2D eigenvalue weighted by molar-refractivity contribution is -0.143. The highest BCUT2D eigenvalue weighted by Crippen LogP contribution is 2.45. The van der Waals surface area contributed by atoms with E-state index in [4.69, 9.17) is 9.72 Å². The first-order valence-corrected chi connectivity index (χ1v) is 11.7. The zero-order valence-corrected chi connectivity index (χ0v) is 20.3. The Morgan fingerprint density at radius 2 is 1.88 bits per heavy atom. The molecular formula is C27H34FNO5. The molecule has 34 heavy (non-hydrogen) atoms. The summed E-state index contributed by atoms with van der Waals surface area (Å²) in [5, 5.41) is 20.6. The number of aliphatic hydroxyl groups is 2. The highest BCUT2D eigenvalue weighted by molar-refractivity contribution is 5.80. The summed E-state index contributed by atoms with van der Waals surface area (Å²) in [4.78, 5) is 16.4. The number of benzene rings is 1. The largest absolute Gasteiger partial charge is 0.469 e.